The van der Waals surface area contributed by atoms with Gasteiger partial charge in [-0.3, -0.25) is 72.5 Å². The lowest BCUT2D eigenvalue weighted by Gasteiger charge is -2.27. The third kappa shape index (κ3) is 25.5. The average Bonchev–Trinajstić information content (AvgIpc) is 3.61. The third-order valence-electron chi connectivity index (χ3n) is 12.9. The summed E-state index contributed by atoms with van der Waals surface area (Å²) in [5.41, 5.74) is 5.85. The van der Waals surface area contributed by atoms with E-state index < -0.39 is 204 Å². The number of guanidine groups is 1. The Labute approximate surface area is 522 Å². The highest BCUT2D eigenvalue weighted by Crippen LogP contribution is 2.26. The van der Waals surface area contributed by atoms with Crippen LogP contribution >= 0.6 is 43.2 Å². The second-order valence-electron chi connectivity index (χ2n) is 19.9. The highest BCUT2D eigenvalue weighted by molar-refractivity contribution is 8.77. The first-order chi connectivity index (χ1) is 42.1. The highest BCUT2D eigenvalue weighted by Gasteiger charge is 2.37. The first-order valence-electron chi connectivity index (χ1n) is 27.1. The van der Waals surface area contributed by atoms with Crippen LogP contribution in [-0.4, -0.2) is 214 Å². The molecule has 38 heteroatoms. The van der Waals surface area contributed by atoms with E-state index in [0.29, 0.717) is 5.56 Å². The van der Waals surface area contributed by atoms with E-state index in [1.165, 1.54) is 13.8 Å². The Kier molecular flexibility index (Phi) is 30.0. The van der Waals surface area contributed by atoms with Crippen molar-refractivity contribution >= 4 is 144 Å². The molecular formula is C51H68N14O20S4. The zero-order valence-electron chi connectivity index (χ0n) is 47.7. The third-order valence-corrected chi connectivity index (χ3v) is 17.7. The van der Waals surface area contributed by atoms with Crippen molar-refractivity contribution in [1.29, 1.82) is 5.41 Å². The summed E-state index contributed by atoms with van der Waals surface area (Å²) in [6.45, 7) is 0.462. The lowest BCUT2D eigenvalue weighted by Crippen LogP contribution is -2.60. The number of hydrogen-bond donors (Lipinski definition) is 17. The maximum Gasteiger partial charge on any atom is 0.342 e. The number of benzene rings is 1. The minimum Gasteiger partial charge on any atom is -0.481 e. The molecule has 9 atom stereocenters. The summed E-state index contributed by atoms with van der Waals surface area (Å²) < 4.78 is 4.54. The molecule has 4 rings (SSSR count). The number of nitrogens with two attached hydrogens (primary N) is 1. The van der Waals surface area contributed by atoms with Crippen LogP contribution in [0.25, 0.3) is 0 Å². The number of carboxylic acids is 3. The van der Waals surface area contributed by atoms with Gasteiger partial charge in [-0.1, -0.05) is 80.4 Å². The molecule has 1 aromatic carbocycles. The zero-order chi connectivity index (χ0) is 65.9. The average molecular weight is 1330 g/mol. The van der Waals surface area contributed by atoms with Crippen molar-refractivity contribution < 1.29 is 96.8 Å². The minimum atomic E-state index is -2.05. The molecule has 3 heterocycles. The topological polar surface area (TPSA) is 537 Å². The molecule has 89 heavy (non-hydrogen) atoms. The summed E-state index contributed by atoms with van der Waals surface area (Å²) in [5.74, 6) is -21.7. The summed E-state index contributed by atoms with van der Waals surface area (Å²) in [6.07, 6.45) is -3.18. The van der Waals surface area contributed by atoms with Gasteiger partial charge in [-0.15, -0.1) is 0 Å². The van der Waals surface area contributed by atoms with E-state index in [4.69, 9.17) is 11.1 Å². The Morgan fingerprint density at radius 3 is 1.79 bits per heavy atom. The second kappa shape index (κ2) is 36.6. The lowest BCUT2D eigenvalue weighted by atomic mass is 10.0. The van der Waals surface area contributed by atoms with Crippen LogP contribution in [0.2, 0.25) is 0 Å². The van der Waals surface area contributed by atoms with Gasteiger partial charge in [0.05, 0.1) is 25.3 Å². The first-order valence-corrected chi connectivity index (χ1v) is 32.1. The summed E-state index contributed by atoms with van der Waals surface area (Å²) in [6, 6.07) is -5.89. The van der Waals surface area contributed by atoms with Crippen LogP contribution in [0.4, 0.5) is 0 Å². The van der Waals surface area contributed by atoms with Crippen molar-refractivity contribution in [3.63, 3.8) is 0 Å². The number of carbonyl (C=O) groups excluding carboxylic acids is 13. The molecule has 3 aliphatic rings. The molecule has 486 valence electrons. The van der Waals surface area contributed by atoms with Crippen LogP contribution in [0.15, 0.2) is 41.5 Å². The molecule has 2 saturated heterocycles. The van der Waals surface area contributed by atoms with Gasteiger partial charge in [-0.25, -0.2) is 9.59 Å². The molecule has 9 unspecified atom stereocenters. The van der Waals surface area contributed by atoms with Crippen LogP contribution in [-0.2, 0) is 87.9 Å². The van der Waals surface area contributed by atoms with Crippen molar-refractivity contribution in [3.8, 4) is 0 Å². The predicted molar refractivity (Wildman–Crippen MR) is 318 cm³/mol. The monoisotopic (exact) mass is 1320 g/mol. The number of hydrogen-bond acceptors (Lipinski definition) is 22. The van der Waals surface area contributed by atoms with Gasteiger partial charge >= 0.3 is 29.8 Å². The van der Waals surface area contributed by atoms with Crippen molar-refractivity contribution in [2.75, 3.05) is 49.2 Å². The number of aliphatic carboxylic acids is 3. The lowest BCUT2D eigenvalue weighted by molar-refractivity contribution is -0.151. The molecule has 0 radical (unpaired) electrons. The molecule has 18 N–H and O–H groups in total. The van der Waals surface area contributed by atoms with Gasteiger partial charge in [0.1, 0.15) is 54.9 Å². The first kappa shape index (κ1) is 72.8. The van der Waals surface area contributed by atoms with Crippen molar-refractivity contribution in [3.05, 3.63) is 47.0 Å². The molecule has 0 spiro atoms. The maximum atomic E-state index is 14.5. The Balaban J connectivity index is 1.81. The Hall–Kier alpha value is -8.65. The summed E-state index contributed by atoms with van der Waals surface area (Å²) in [5, 5.41) is 65.3. The number of esters is 2. The molecule has 34 nitrogen and oxygen atoms in total. The van der Waals surface area contributed by atoms with Gasteiger partial charge in [0, 0.05) is 60.1 Å². The SMILES string of the molecule is CC1=C(CCC(=O)NCC(C)C(=O)NC2CSSCC(C(=O)NCC(=O)O)NC(=O)C(Cc3ccccc3)NC(=O)C3CSSCC(NC(=O)C(CC(=O)O)NC2=O)C(=O)NC(CCCNC(=N)N)C(=O)NCC(=O)NC(CC(=O)O)C(=O)N3)C(=O)OC1=O. The standard InChI is InChI=1S/C51H68N14O20S4/c1-23(16-55-35(66)11-10-26-24(2)49(83)85-50(26)84)40(74)62-32-20-87-86-19-31(42(76)57-18-39(72)73)63-43(77)28(13-25-7-4-3-5-8-25)60-48(82)34-22-89-88-21-33(65-45(79)30(15-38(70)71)61-47(32)81)46(80)59-27(9-6-12-54-51(52)53)41(75)56-17-36(67)58-29(14-37(68)69)44(78)64-34/h3-5,7-8,23,27-34H,6,9-22H2,1-2H3,(H,55,66)(H,56,75)(H,57,76)(H,58,67)(H,59,80)(H,60,82)(H,61,81)(H,62,74)(H,63,77)(H,64,78)(H,65,79)(H,68,69)(H,70,71)(H,72,73)(H4,52,53,54). The molecular weight excluding hydrogens is 1260 g/mol. The molecule has 3 aliphatic heterocycles. The fourth-order valence-corrected chi connectivity index (χ4v) is 12.7. The zero-order valence-corrected chi connectivity index (χ0v) is 50.9. The van der Waals surface area contributed by atoms with Gasteiger partial charge in [-0.2, -0.15) is 0 Å². The minimum absolute atomic E-state index is 0.0111. The van der Waals surface area contributed by atoms with E-state index in [0.717, 1.165) is 43.2 Å². The summed E-state index contributed by atoms with van der Waals surface area (Å²) in [4.78, 5) is 213. The Morgan fingerprint density at radius 2 is 1.21 bits per heavy atom. The normalized spacial score (nSPS) is 23.5. The number of nitrogens with one attached hydrogen (secondary N) is 13. The molecule has 11 amide bonds. The Morgan fingerprint density at radius 1 is 0.652 bits per heavy atom. The predicted octanol–water partition coefficient (Wildman–Crippen LogP) is -5.64. The number of carbonyl (C=O) groups is 16. The highest BCUT2D eigenvalue weighted by atomic mass is 33.1. The van der Waals surface area contributed by atoms with E-state index in [1.807, 2.05) is 0 Å². The number of fused-ring (bicyclic) bond motifs is 5. The Bertz CT molecular complexity index is 2920. The van der Waals surface area contributed by atoms with E-state index >= 15 is 0 Å². The van der Waals surface area contributed by atoms with Crippen LogP contribution in [0.5, 0.6) is 0 Å². The van der Waals surface area contributed by atoms with Crippen molar-refractivity contribution in [2.24, 2.45) is 11.7 Å². The van der Waals surface area contributed by atoms with Gasteiger partial charge in [-0.05, 0) is 31.7 Å². The van der Waals surface area contributed by atoms with Gasteiger partial charge in [0.2, 0.25) is 65.0 Å². The largest absolute Gasteiger partial charge is 0.481 e. The van der Waals surface area contributed by atoms with Crippen molar-refractivity contribution in [2.45, 2.75) is 107 Å². The van der Waals surface area contributed by atoms with E-state index in [-0.39, 0.29) is 56.3 Å². The van der Waals surface area contributed by atoms with E-state index in [9.17, 15) is 92.0 Å². The quantitative estimate of drug-likeness (QED) is 0.0144. The van der Waals surface area contributed by atoms with Gasteiger partial charge in [0.25, 0.3) is 0 Å². The van der Waals surface area contributed by atoms with Gasteiger partial charge in [0.15, 0.2) is 5.96 Å². The molecule has 0 aliphatic carbocycles. The molecule has 0 saturated carbocycles. The molecule has 2 bridgehead atoms. The van der Waals surface area contributed by atoms with E-state index in [1.54, 1.807) is 30.3 Å². The fourth-order valence-electron chi connectivity index (χ4n) is 8.07. The second-order valence-corrected chi connectivity index (χ2v) is 25.0. The number of amides is 11. The van der Waals surface area contributed by atoms with Crippen molar-refractivity contribution in [1.82, 2.24) is 63.8 Å². The van der Waals surface area contributed by atoms with Gasteiger partial charge < -0.3 is 89.6 Å². The number of carboxylic acid groups (broad SMARTS) is 3. The number of cyclic esters (lactones) is 2. The van der Waals surface area contributed by atoms with Crippen LogP contribution < -0.4 is 69.5 Å². The van der Waals surface area contributed by atoms with Crippen LogP contribution in [0.3, 0.4) is 0 Å². The summed E-state index contributed by atoms with van der Waals surface area (Å²) >= 11 is 0. The number of ether oxygens (including phenoxy) is 1. The van der Waals surface area contributed by atoms with Crippen LogP contribution in [0, 0.1) is 11.3 Å². The molecule has 0 aromatic heterocycles. The smallest absolute Gasteiger partial charge is 0.342 e. The summed E-state index contributed by atoms with van der Waals surface area (Å²) in [7, 11) is 3.06. The van der Waals surface area contributed by atoms with E-state index in [2.05, 4.69) is 68.5 Å². The molecule has 2 fully saturated rings. The van der Waals surface area contributed by atoms with Crippen LogP contribution in [0.1, 0.15) is 57.9 Å². The fraction of sp³-hybridized carbons (Fsp3) is 0.510. The molecule has 1 aromatic rings. The number of rotatable bonds is 20. The maximum absolute atomic E-state index is 14.5.